The number of amides is 1. The van der Waals surface area contributed by atoms with Crippen LogP contribution in [-0.2, 0) is 4.79 Å². The Hall–Kier alpha value is -1.46. The van der Waals surface area contributed by atoms with Crippen LogP contribution in [0.5, 0.6) is 11.5 Å². The number of ether oxygens (including phenoxy) is 2. The maximum Gasteiger partial charge on any atom is 0.227 e. The Morgan fingerprint density at radius 2 is 1.81 bits per heavy atom. The highest BCUT2D eigenvalue weighted by atomic mass is 35.5. The van der Waals surface area contributed by atoms with Crippen molar-refractivity contribution in [1.82, 2.24) is 0 Å². The number of rotatable bonds is 4. The molecule has 0 aliphatic heterocycles. The monoisotopic (exact) mass is 314 g/mol. The zero-order valence-corrected chi connectivity index (χ0v) is 13.2. The molecule has 0 spiro atoms. The van der Waals surface area contributed by atoms with Gasteiger partial charge in [-0.15, -0.1) is 12.4 Å². The van der Waals surface area contributed by atoms with Gasteiger partial charge in [0.1, 0.15) is 11.5 Å². The van der Waals surface area contributed by atoms with Gasteiger partial charge in [0.2, 0.25) is 5.91 Å². The van der Waals surface area contributed by atoms with Crippen LogP contribution in [-0.4, -0.2) is 26.2 Å². The van der Waals surface area contributed by atoms with E-state index in [2.05, 4.69) is 5.32 Å². The molecule has 1 amide bonds. The predicted octanol–water partition coefficient (Wildman–Crippen LogP) is 2.58. The number of halogens is 1. The van der Waals surface area contributed by atoms with Gasteiger partial charge in [0.15, 0.2) is 0 Å². The Labute approximate surface area is 131 Å². The number of anilines is 1. The van der Waals surface area contributed by atoms with Gasteiger partial charge in [-0.25, -0.2) is 0 Å². The third kappa shape index (κ3) is 4.79. The van der Waals surface area contributed by atoms with Gasteiger partial charge in [0, 0.05) is 35.8 Å². The third-order valence-electron chi connectivity index (χ3n) is 3.70. The van der Waals surface area contributed by atoms with Gasteiger partial charge in [0.05, 0.1) is 14.2 Å². The lowest BCUT2D eigenvalue weighted by molar-refractivity contribution is -0.120. The number of benzene rings is 1. The Balaban J connectivity index is 0.00000220. The van der Waals surface area contributed by atoms with E-state index in [0.29, 0.717) is 17.2 Å². The molecule has 6 heteroatoms. The minimum atomic E-state index is -0.00375. The number of carbonyl (C=O) groups is 1. The average Bonchev–Trinajstić information content (AvgIpc) is 2.46. The van der Waals surface area contributed by atoms with E-state index >= 15 is 0 Å². The number of methoxy groups -OCH3 is 2. The van der Waals surface area contributed by atoms with Gasteiger partial charge < -0.3 is 20.5 Å². The first kappa shape index (κ1) is 17.6. The molecule has 1 aliphatic carbocycles. The lowest BCUT2D eigenvalue weighted by Gasteiger charge is -2.25. The van der Waals surface area contributed by atoms with Gasteiger partial charge in [-0.3, -0.25) is 4.79 Å². The standard InChI is InChI=1S/C15H22N2O3.ClH/c1-19-13-7-12(8-14(9-13)20-2)17-15(18)10-4-3-5-11(16)6-10;/h7-11H,3-6,16H2,1-2H3,(H,17,18);1H. The summed E-state index contributed by atoms with van der Waals surface area (Å²) in [4.78, 5) is 12.3. The van der Waals surface area contributed by atoms with E-state index in [1.807, 2.05) is 0 Å². The molecule has 2 unspecified atom stereocenters. The Morgan fingerprint density at radius 1 is 1.19 bits per heavy atom. The summed E-state index contributed by atoms with van der Waals surface area (Å²) in [5.74, 6) is 1.33. The second-order valence-corrected chi connectivity index (χ2v) is 5.21. The molecule has 5 nitrogen and oxygen atoms in total. The van der Waals surface area contributed by atoms with Crippen LogP contribution in [0.2, 0.25) is 0 Å². The molecule has 1 saturated carbocycles. The van der Waals surface area contributed by atoms with Gasteiger partial charge in [-0.1, -0.05) is 6.42 Å². The van der Waals surface area contributed by atoms with Crippen LogP contribution in [0.3, 0.4) is 0 Å². The van der Waals surface area contributed by atoms with E-state index in [0.717, 1.165) is 25.7 Å². The van der Waals surface area contributed by atoms with E-state index in [1.54, 1.807) is 32.4 Å². The minimum Gasteiger partial charge on any atom is -0.497 e. The average molecular weight is 315 g/mol. The Morgan fingerprint density at radius 3 is 2.33 bits per heavy atom. The molecular weight excluding hydrogens is 292 g/mol. The first-order chi connectivity index (χ1) is 9.62. The summed E-state index contributed by atoms with van der Waals surface area (Å²) in [6.45, 7) is 0. The number of nitrogens with two attached hydrogens (primary N) is 1. The van der Waals surface area contributed by atoms with Crippen molar-refractivity contribution >= 4 is 24.0 Å². The Bertz CT molecular complexity index is 460. The van der Waals surface area contributed by atoms with Gasteiger partial charge in [-0.05, 0) is 19.3 Å². The summed E-state index contributed by atoms with van der Waals surface area (Å²) in [6, 6.07) is 5.47. The van der Waals surface area contributed by atoms with Crippen molar-refractivity contribution < 1.29 is 14.3 Å². The van der Waals surface area contributed by atoms with Crippen LogP contribution in [0.15, 0.2) is 18.2 Å². The molecule has 2 rings (SSSR count). The summed E-state index contributed by atoms with van der Waals surface area (Å²) >= 11 is 0. The highest BCUT2D eigenvalue weighted by Gasteiger charge is 2.25. The fourth-order valence-electron chi connectivity index (χ4n) is 2.59. The normalized spacial score (nSPS) is 21.1. The number of carbonyl (C=O) groups excluding carboxylic acids is 1. The van der Waals surface area contributed by atoms with Crippen molar-refractivity contribution in [2.45, 2.75) is 31.7 Å². The quantitative estimate of drug-likeness (QED) is 0.896. The number of hydrogen-bond donors (Lipinski definition) is 2. The van der Waals surface area contributed by atoms with E-state index < -0.39 is 0 Å². The van der Waals surface area contributed by atoms with Crippen LogP contribution in [0, 0.1) is 5.92 Å². The molecule has 1 aromatic carbocycles. The lowest BCUT2D eigenvalue weighted by atomic mass is 9.85. The van der Waals surface area contributed by atoms with Crippen molar-refractivity contribution in [3.63, 3.8) is 0 Å². The summed E-state index contributed by atoms with van der Waals surface area (Å²) in [5, 5.41) is 2.93. The summed E-state index contributed by atoms with van der Waals surface area (Å²) < 4.78 is 10.4. The van der Waals surface area contributed by atoms with Crippen molar-refractivity contribution in [2.24, 2.45) is 11.7 Å². The van der Waals surface area contributed by atoms with Crippen molar-refractivity contribution in [3.05, 3.63) is 18.2 Å². The SMILES string of the molecule is COc1cc(NC(=O)C2CCCC(N)C2)cc(OC)c1.Cl. The molecule has 1 aliphatic rings. The molecule has 0 aromatic heterocycles. The van der Waals surface area contributed by atoms with Crippen molar-refractivity contribution in [3.8, 4) is 11.5 Å². The molecule has 0 saturated heterocycles. The number of hydrogen-bond acceptors (Lipinski definition) is 4. The van der Waals surface area contributed by atoms with Crippen molar-refractivity contribution in [1.29, 1.82) is 0 Å². The van der Waals surface area contributed by atoms with Crippen molar-refractivity contribution in [2.75, 3.05) is 19.5 Å². The fourth-order valence-corrected chi connectivity index (χ4v) is 2.59. The fraction of sp³-hybridized carbons (Fsp3) is 0.533. The predicted molar refractivity (Wildman–Crippen MR) is 85.4 cm³/mol. The second kappa shape index (κ2) is 8.10. The summed E-state index contributed by atoms with van der Waals surface area (Å²) in [6.07, 6.45) is 3.69. The van der Waals surface area contributed by atoms with E-state index in [-0.39, 0.29) is 30.3 Å². The zero-order chi connectivity index (χ0) is 14.5. The van der Waals surface area contributed by atoms with Gasteiger partial charge in [-0.2, -0.15) is 0 Å². The largest absolute Gasteiger partial charge is 0.497 e. The topological polar surface area (TPSA) is 73.6 Å². The molecular formula is C15H23ClN2O3. The zero-order valence-electron chi connectivity index (χ0n) is 12.4. The first-order valence-electron chi connectivity index (χ1n) is 6.92. The van der Waals surface area contributed by atoms with Gasteiger partial charge in [0.25, 0.3) is 0 Å². The molecule has 118 valence electrons. The summed E-state index contributed by atoms with van der Waals surface area (Å²) in [7, 11) is 3.17. The molecule has 2 atom stereocenters. The van der Waals surface area contributed by atoms with Crippen LogP contribution in [0.1, 0.15) is 25.7 Å². The molecule has 1 aromatic rings. The Kier molecular flexibility index (Phi) is 6.78. The maximum atomic E-state index is 12.3. The molecule has 0 radical (unpaired) electrons. The molecule has 21 heavy (non-hydrogen) atoms. The van der Waals surface area contributed by atoms with Crippen LogP contribution in [0.4, 0.5) is 5.69 Å². The van der Waals surface area contributed by atoms with Crippen LogP contribution >= 0.6 is 12.4 Å². The maximum absolute atomic E-state index is 12.3. The van der Waals surface area contributed by atoms with Gasteiger partial charge >= 0.3 is 0 Å². The molecule has 3 N–H and O–H groups in total. The second-order valence-electron chi connectivity index (χ2n) is 5.21. The number of nitrogens with one attached hydrogen (secondary N) is 1. The highest BCUT2D eigenvalue weighted by Crippen LogP contribution is 2.28. The summed E-state index contributed by atoms with van der Waals surface area (Å²) in [5.41, 5.74) is 6.61. The molecule has 0 heterocycles. The van der Waals surface area contributed by atoms with Crippen LogP contribution in [0.25, 0.3) is 0 Å². The third-order valence-corrected chi connectivity index (χ3v) is 3.70. The lowest BCUT2D eigenvalue weighted by Crippen LogP contribution is -2.34. The van der Waals surface area contributed by atoms with E-state index in [4.69, 9.17) is 15.2 Å². The van der Waals surface area contributed by atoms with Crippen LogP contribution < -0.4 is 20.5 Å². The molecule has 0 bridgehead atoms. The van der Waals surface area contributed by atoms with E-state index in [9.17, 15) is 4.79 Å². The minimum absolute atomic E-state index is 0. The molecule has 1 fully saturated rings. The van der Waals surface area contributed by atoms with E-state index in [1.165, 1.54) is 0 Å². The first-order valence-corrected chi connectivity index (χ1v) is 6.92. The smallest absolute Gasteiger partial charge is 0.227 e. The highest BCUT2D eigenvalue weighted by molar-refractivity contribution is 5.93.